The molecule has 0 radical (unpaired) electrons. The Bertz CT molecular complexity index is 1130. The van der Waals surface area contributed by atoms with E-state index in [0.717, 1.165) is 10.8 Å². The standard InChI is InChI=1S/C23H19ClN2O4/c24-17-7-4-8-18(12-17)26-13-16(11-22(26)28)23(29)30-14-21(27)25-20-10-3-6-15-5-1-2-9-19(15)20/h1-10,12,16H,11,13-14H2,(H,25,27)/t16-/m0/s1. The predicted molar refractivity (Wildman–Crippen MR) is 115 cm³/mol. The van der Waals surface area contributed by atoms with E-state index < -0.39 is 24.4 Å². The molecule has 1 fully saturated rings. The Morgan fingerprint density at radius 3 is 2.67 bits per heavy atom. The minimum absolute atomic E-state index is 0.0380. The number of benzene rings is 3. The first-order valence-corrected chi connectivity index (χ1v) is 9.89. The molecule has 0 bridgehead atoms. The molecule has 0 aliphatic carbocycles. The minimum Gasteiger partial charge on any atom is -0.455 e. The normalized spacial score (nSPS) is 16.0. The van der Waals surface area contributed by atoms with Crippen LogP contribution in [-0.2, 0) is 19.1 Å². The lowest BCUT2D eigenvalue weighted by Crippen LogP contribution is -2.28. The van der Waals surface area contributed by atoms with E-state index in [2.05, 4.69) is 5.32 Å². The van der Waals surface area contributed by atoms with Crippen LogP contribution in [-0.4, -0.2) is 30.9 Å². The van der Waals surface area contributed by atoms with Crippen molar-refractivity contribution in [2.24, 2.45) is 5.92 Å². The van der Waals surface area contributed by atoms with Crippen molar-refractivity contribution in [3.63, 3.8) is 0 Å². The van der Waals surface area contributed by atoms with Gasteiger partial charge in [0.25, 0.3) is 5.91 Å². The Labute approximate surface area is 178 Å². The molecule has 1 atom stereocenters. The van der Waals surface area contributed by atoms with E-state index in [4.69, 9.17) is 16.3 Å². The number of nitrogens with zero attached hydrogens (tertiary/aromatic N) is 1. The Kier molecular flexibility index (Phi) is 5.68. The minimum atomic E-state index is -0.623. The van der Waals surface area contributed by atoms with Gasteiger partial charge in [0, 0.05) is 34.7 Å². The second kappa shape index (κ2) is 8.55. The molecule has 3 aromatic rings. The van der Waals surface area contributed by atoms with E-state index in [1.165, 1.54) is 4.90 Å². The lowest BCUT2D eigenvalue weighted by molar-refractivity contribution is -0.151. The number of hydrogen-bond acceptors (Lipinski definition) is 4. The molecular weight excluding hydrogens is 404 g/mol. The van der Waals surface area contributed by atoms with E-state index in [0.29, 0.717) is 16.4 Å². The van der Waals surface area contributed by atoms with E-state index in [9.17, 15) is 14.4 Å². The topological polar surface area (TPSA) is 75.7 Å². The van der Waals surface area contributed by atoms with Crippen LogP contribution >= 0.6 is 11.6 Å². The summed E-state index contributed by atoms with van der Waals surface area (Å²) >= 11 is 5.98. The number of rotatable bonds is 5. The average Bonchev–Trinajstić information content (AvgIpc) is 3.14. The highest BCUT2D eigenvalue weighted by Crippen LogP contribution is 2.28. The molecule has 30 heavy (non-hydrogen) atoms. The molecule has 3 aromatic carbocycles. The number of carbonyl (C=O) groups is 3. The van der Waals surface area contributed by atoms with Crippen LogP contribution in [0.5, 0.6) is 0 Å². The van der Waals surface area contributed by atoms with Gasteiger partial charge in [-0.15, -0.1) is 0 Å². The monoisotopic (exact) mass is 422 g/mol. The van der Waals surface area contributed by atoms with Crippen LogP contribution in [0.3, 0.4) is 0 Å². The lowest BCUT2D eigenvalue weighted by atomic mass is 10.1. The molecule has 152 valence electrons. The van der Waals surface area contributed by atoms with Gasteiger partial charge in [-0.05, 0) is 29.7 Å². The zero-order valence-corrected chi connectivity index (χ0v) is 16.8. The first-order chi connectivity index (χ1) is 14.5. The largest absolute Gasteiger partial charge is 0.455 e. The molecule has 0 spiro atoms. The van der Waals surface area contributed by atoms with Crippen LogP contribution < -0.4 is 10.2 Å². The number of esters is 1. The SMILES string of the molecule is O=C(COC(=O)[C@H]1CC(=O)N(c2cccc(Cl)c2)C1)Nc1cccc2ccccc12. The maximum Gasteiger partial charge on any atom is 0.311 e. The third kappa shape index (κ3) is 4.28. The molecule has 0 saturated carbocycles. The summed E-state index contributed by atoms with van der Waals surface area (Å²) in [5.74, 6) is -1.81. The second-order valence-corrected chi connectivity index (χ2v) is 7.50. The van der Waals surface area contributed by atoms with Crippen molar-refractivity contribution in [3.8, 4) is 0 Å². The number of nitrogens with one attached hydrogen (secondary N) is 1. The van der Waals surface area contributed by atoms with E-state index in [1.54, 1.807) is 30.3 Å². The average molecular weight is 423 g/mol. The Balaban J connectivity index is 1.34. The quantitative estimate of drug-likeness (QED) is 0.630. The Morgan fingerprint density at radius 2 is 1.83 bits per heavy atom. The van der Waals surface area contributed by atoms with Gasteiger partial charge in [0.15, 0.2) is 6.61 Å². The van der Waals surface area contributed by atoms with Gasteiger partial charge in [0.1, 0.15) is 0 Å². The summed E-state index contributed by atoms with van der Waals surface area (Å²) in [6, 6.07) is 20.2. The summed E-state index contributed by atoms with van der Waals surface area (Å²) < 4.78 is 5.17. The Hall–Kier alpha value is -3.38. The third-order valence-corrected chi connectivity index (χ3v) is 5.22. The molecular formula is C23H19ClN2O4. The summed E-state index contributed by atoms with van der Waals surface area (Å²) in [5, 5.41) is 5.18. The zero-order chi connectivity index (χ0) is 21.1. The molecule has 2 amide bonds. The van der Waals surface area contributed by atoms with Gasteiger partial charge in [-0.2, -0.15) is 0 Å². The molecule has 1 N–H and O–H groups in total. The zero-order valence-electron chi connectivity index (χ0n) is 16.0. The molecule has 1 saturated heterocycles. The predicted octanol–water partition coefficient (Wildman–Crippen LogP) is 4.03. The third-order valence-electron chi connectivity index (χ3n) is 4.99. The molecule has 0 aromatic heterocycles. The number of carbonyl (C=O) groups excluding carboxylic acids is 3. The van der Waals surface area contributed by atoms with E-state index in [-0.39, 0.29) is 18.9 Å². The highest BCUT2D eigenvalue weighted by atomic mass is 35.5. The van der Waals surface area contributed by atoms with Gasteiger partial charge >= 0.3 is 5.97 Å². The van der Waals surface area contributed by atoms with Gasteiger partial charge in [0.2, 0.25) is 5.91 Å². The van der Waals surface area contributed by atoms with Gasteiger partial charge in [-0.25, -0.2) is 0 Å². The number of amides is 2. The van der Waals surface area contributed by atoms with Crippen LogP contribution in [0.15, 0.2) is 66.7 Å². The van der Waals surface area contributed by atoms with Crippen molar-refractivity contribution in [2.45, 2.75) is 6.42 Å². The van der Waals surface area contributed by atoms with Gasteiger partial charge in [-0.3, -0.25) is 14.4 Å². The van der Waals surface area contributed by atoms with Crippen molar-refractivity contribution < 1.29 is 19.1 Å². The van der Waals surface area contributed by atoms with E-state index in [1.807, 2.05) is 36.4 Å². The fourth-order valence-electron chi connectivity index (χ4n) is 3.53. The smallest absolute Gasteiger partial charge is 0.311 e. The highest BCUT2D eigenvalue weighted by molar-refractivity contribution is 6.31. The summed E-state index contributed by atoms with van der Waals surface area (Å²) in [7, 11) is 0. The highest BCUT2D eigenvalue weighted by Gasteiger charge is 2.36. The maximum absolute atomic E-state index is 12.4. The van der Waals surface area contributed by atoms with Gasteiger partial charge in [0.05, 0.1) is 5.92 Å². The van der Waals surface area contributed by atoms with Crippen LogP contribution in [0.2, 0.25) is 5.02 Å². The summed E-state index contributed by atoms with van der Waals surface area (Å²) in [5.41, 5.74) is 1.29. The van der Waals surface area contributed by atoms with Crippen molar-refractivity contribution in [1.29, 1.82) is 0 Å². The van der Waals surface area contributed by atoms with Crippen LogP contribution in [0.4, 0.5) is 11.4 Å². The van der Waals surface area contributed by atoms with Crippen LogP contribution in [0, 0.1) is 5.92 Å². The summed E-state index contributed by atoms with van der Waals surface area (Å²) in [6.07, 6.45) is 0.0380. The maximum atomic E-state index is 12.4. The summed E-state index contributed by atoms with van der Waals surface area (Å²) in [6.45, 7) is -0.215. The lowest BCUT2D eigenvalue weighted by Gasteiger charge is -2.16. The van der Waals surface area contributed by atoms with E-state index >= 15 is 0 Å². The number of ether oxygens (including phenoxy) is 1. The van der Waals surface area contributed by atoms with Crippen molar-refractivity contribution in [1.82, 2.24) is 0 Å². The molecule has 7 heteroatoms. The molecule has 0 unspecified atom stereocenters. The van der Waals surface area contributed by atoms with Crippen molar-refractivity contribution >= 4 is 51.5 Å². The molecule has 1 aliphatic heterocycles. The van der Waals surface area contributed by atoms with Crippen molar-refractivity contribution in [2.75, 3.05) is 23.4 Å². The van der Waals surface area contributed by atoms with Crippen molar-refractivity contribution in [3.05, 3.63) is 71.8 Å². The Morgan fingerprint density at radius 1 is 1.07 bits per heavy atom. The molecule has 1 heterocycles. The number of fused-ring (bicyclic) bond motifs is 1. The summed E-state index contributed by atoms with van der Waals surface area (Å²) in [4.78, 5) is 38.5. The molecule has 6 nitrogen and oxygen atoms in total. The second-order valence-electron chi connectivity index (χ2n) is 7.07. The number of halogens is 1. The van der Waals surface area contributed by atoms with Crippen LogP contribution in [0.25, 0.3) is 10.8 Å². The van der Waals surface area contributed by atoms with Gasteiger partial charge < -0.3 is 15.0 Å². The van der Waals surface area contributed by atoms with Crippen LogP contribution in [0.1, 0.15) is 6.42 Å². The first kappa shape index (κ1) is 19.9. The number of hydrogen-bond donors (Lipinski definition) is 1. The number of anilines is 2. The molecule has 1 aliphatic rings. The fourth-order valence-corrected chi connectivity index (χ4v) is 3.72. The molecule has 4 rings (SSSR count). The first-order valence-electron chi connectivity index (χ1n) is 9.51. The van der Waals surface area contributed by atoms with Gasteiger partial charge in [-0.1, -0.05) is 54.1 Å². The fraction of sp³-hybridized carbons (Fsp3) is 0.174.